The molecule has 16 heavy (non-hydrogen) atoms. The van der Waals surface area contributed by atoms with Crippen molar-refractivity contribution in [2.45, 2.75) is 32.2 Å². The third-order valence-electron chi connectivity index (χ3n) is 3.33. The summed E-state index contributed by atoms with van der Waals surface area (Å²) in [6.07, 6.45) is 3.82. The highest BCUT2D eigenvalue weighted by molar-refractivity contribution is 9.10. The molecule has 1 saturated carbocycles. The zero-order valence-electron chi connectivity index (χ0n) is 9.26. The first-order valence-corrected chi connectivity index (χ1v) is 6.38. The van der Waals surface area contributed by atoms with Crippen LogP contribution < -0.4 is 11.1 Å². The van der Waals surface area contributed by atoms with Crippen LogP contribution in [0.5, 0.6) is 0 Å². The molecule has 0 saturated heterocycles. The van der Waals surface area contributed by atoms with E-state index in [0.717, 1.165) is 0 Å². The quantitative estimate of drug-likeness (QED) is 0.830. The largest absolute Gasteiger partial charge is 0.397 e. The van der Waals surface area contributed by atoms with E-state index in [1.807, 2.05) is 0 Å². The molecule has 1 aromatic carbocycles. The molecular weight excluding hydrogens is 271 g/mol. The van der Waals surface area contributed by atoms with E-state index in [9.17, 15) is 4.39 Å². The van der Waals surface area contributed by atoms with Crippen LogP contribution in [0.3, 0.4) is 0 Å². The monoisotopic (exact) mass is 286 g/mol. The van der Waals surface area contributed by atoms with Gasteiger partial charge in [0.05, 0.1) is 15.8 Å². The SMILES string of the molecule is CC(Nc1cc(F)c(Br)cc1N)C1CCC1. The van der Waals surface area contributed by atoms with E-state index in [-0.39, 0.29) is 5.82 Å². The van der Waals surface area contributed by atoms with Gasteiger partial charge in [-0.15, -0.1) is 0 Å². The van der Waals surface area contributed by atoms with Crippen LogP contribution in [0.1, 0.15) is 26.2 Å². The summed E-state index contributed by atoms with van der Waals surface area (Å²) >= 11 is 3.12. The van der Waals surface area contributed by atoms with Crippen molar-refractivity contribution in [1.29, 1.82) is 0 Å². The predicted octanol–water partition coefficient (Wildman–Crippen LogP) is 3.77. The first kappa shape index (κ1) is 11.7. The Balaban J connectivity index is 2.11. The first-order chi connectivity index (χ1) is 7.58. The van der Waals surface area contributed by atoms with Crippen LogP contribution in [0, 0.1) is 11.7 Å². The average Bonchev–Trinajstić information content (AvgIpc) is 2.11. The topological polar surface area (TPSA) is 38.0 Å². The Bertz CT molecular complexity index is 391. The van der Waals surface area contributed by atoms with Crippen molar-refractivity contribution < 1.29 is 4.39 Å². The van der Waals surface area contributed by atoms with Crippen LogP contribution in [-0.4, -0.2) is 6.04 Å². The van der Waals surface area contributed by atoms with Crippen LogP contribution in [0.15, 0.2) is 16.6 Å². The summed E-state index contributed by atoms with van der Waals surface area (Å²) in [5.74, 6) is 0.420. The molecule has 2 nitrogen and oxygen atoms in total. The number of benzene rings is 1. The molecule has 1 unspecified atom stereocenters. The van der Waals surface area contributed by atoms with Crippen molar-refractivity contribution in [3.05, 3.63) is 22.4 Å². The minimum atomic E-state index is -0.280. The average molecular weight is 287 g/mol. The molecule has 88 valence electrons. The summed E-state index contributed by atoms with van der Waals surface area (Å²) < 4.78 is 13.8. The van der Waals surface area contributed by atoms with Gasteiger partial charge in [0.25, 0.3) is 0 Å². The van der Waals surface area contributed by atoms with Gasteiger partial charge in [-0.25, -0.2) is 4.39 Å². The number of hydrogen-bond acceptors (Lipinski definition) is 2. The molecule has 3 N–H and O–H groups in total. The number of rotatable bonds is 3. The Hall–Kier alpha value is -0.770. The summed E-state index contributed by atoms with van der Waals surface area (Å²) in [7, 11) is 0. The van der Waals surface area contributed by atoms with Crippen LogP contribution in [-0.2, 0) is 0 Å². The normalized spacial score (nSPS) is 17.9. The molecule has 1 atom stereocenters. The van der Waals surface area contributed by atoms with Gasteiger partial charge in [0.2, 0.25) is 0 Å². The third kappa shape index (κ3) is 2.32. The molecule has 0 aromatic heterocycles. The van der Waals surface area contributed by atoms with Crippen molar-refractivity contribution in [3.63, 3.8) is 0 Å². The zero-order chi connectivity index (χ0) is 11.7. The Morgan fingerprint density at radius 1 is 1.50 bits per heavy atom. The summed E-state index contributed by atoms with van der Waals surface area (Å²) in [5.41, 5.74) is 7.12. The van der Waals surface area contributed by atoms with E-state index in [1.165, 1.54) is 25.3 Å². The summed E-state index contributed by atoms with van der Waals surface area (Å²) in [6, 6.07) is 3.41. The van der Waals surface area contributed by atoms with Gasteiger partial charge in [-0.3, -0.25) is 0 Å². The Morgan fingerprint density at radius 3 is 2.75 bits per heavy atom. The van der Waals surface area contributed by atoms with E-state index in [2.05, 4.69) is 28.2 Å². The van der Waals surface area contributed by atoms with Gasteiger partial charge in [0, 0.05) is 12.1 Å². The number of halogens is 2. The molecule has 0 heterocycles. The molecule has 1 fully saturated rings. The number of hydrogen-bond donors (Lipinski definition) is 2. The molecule has 0 radical (unpaired) electrons. The van der Waals surface area contributed by atoms with Crippen LogP contribution in [0.4, 0.5) is 15.8 Å². The second-order valence-corrected chi connectivity index (χ2v) is 5.33. The van der Waals surface area contributed by atoms with E-state index in [1.54, 1.807) is 6.07 Å². The summed E-state index contributed by atoms with van der Waals surface area (Å²) in [4.78, 5) is 0. The standard InChI is InChI=1S/C12H16BrFN2/c1-7(8-3-2-4-8)16-12-6-10(14)9(13)5-11(12)15/h5-8,16H,2-4,15H2,1H3. The fourth-order valence-corrected chi connectivity index (χ4v) is 2.35. The first-order valence-electron chi connectivity index (χ1n) is 5.59. The van der Waals surface area contributed by atoms with Gasteiger partial charge in [-0.2, -0.15) is 0 Å². The zero-order valence-corrected chi connectivity index (χ0v) is 10.8. The number of nitrogens with one attached hydrogen (secondary N) is 1. The van der Waals surface area contributed by atoms with Crippen molar-refractivity contribution in [2.24, 2.45) is 5.92 Å². The van der Waals surface area contributed by atoms with Gasteiger partial charge in [-0.05, 0) is 47.7 Å². The number of nitrogen functional groups attached to an aromatic ring is 1. The van der Waals surface area contributed by atoms with Gasteiger partial charge >= 0.3 is 0 Å². The molecule has 2 rings (SSSR count). The van der Waals surface area contributed by atoms with Crippen molar-refractivity contribution in [1.82, 2.24) is 0 Å². The van der Waals surface area contributed by atoms with Crippen molar-refractivity contribution in [2.75, 3.05) is 11.1 Å². The maximum Gasteiger partial charge on any atom is 0.139 e. The fraction of sp³-hybridized carbons (Fsp3) is 0.500. The van der Waals surface area contributed by atoms with Gasteiger partial charge in [0.15, 0.2) is 0 Å². The van der Waals surface area contributed by atoms with Crippen LogP contribution in [0.2, 0.25) is 0 Å². The van der Waals surface area contributed by atoms with Gasteiger partial charge in [0.1, 0.15) is 5.82 Å². The predicted molar refractivity (Wildman–Crippen MR) is 68.9 cm³/mol. The van der Waals surface area contributed by atoms with E-state index >= 15 is 0 Å². The Labute approximate surface area is 104 Å². The van der Waals surface area contributed by atoms with E-state index in [4.69, 9.17) is 5.73 Å². The minimum Gasteiger partial charge on any atom is -0.397 e. The van der Waals surface area contributed by atoms with E-state index < -0.39 is 0 Å². The summed E-state index contributed by atoms with van der Waals surface area (Å²) in [6.45, 7) is 2.13. The summed E-state index contributed by atoms with van der Waals surface area (Å²) in [5, 5.41) is 3.29. The molecule has 0 amide bonds. The molecule has 1 aliphatic rings. The lowest BCUT2D eigenvalue weighted by Gasteiger charge is -2.32. The van der Waals surface area contributed by atoms with Crippen LogP contribution >= 0.6 is 15.9 Å². The maximum atomic E-state index is 13.4. The molecule has 0 spiro atoms. The minimum absolute atomic E-state index is 0.280. The highest BCUT2D eigenvalue weighted by Crippen LogP contribution is 2.33. The molecular formula is C12H16BrFN2. The molecule has 4 heteroatoms. The highest BCUT2D eigenvalue weighted by atomic mass is 79.9. The lowest BCUT2D eigenvalue weighted by molar-refractivity contribution is 0.285. The smallest absolute Gasteiger partial charge is 0.139 e. The second kappa shape index (κ2) is 4.62. The van der Waals surface area contributed by atoms with Crippen molar-refractivity contribution >= 4 is 27.3 Å². The number of nitrogens with two attached hydrogens (primary N) is 1. The maximum absolute atomic E-state index is 13.4. The molecule has 0 bridgehead atoms. The molecule has 0 aliphatic heterocycles. The third-order valence-corrected chi connectivity index (χ3v) is 3.94. The highest BCUT2D eigenvalue weighted by Gasteiger charge is 2.24. The van der Waals surface area contributed by atoms with Crippen molar-refractivity contribution in [3.8, 4) is 0 Å². The van der Waals surface area contributed by atoms with Crippen LogP contribution in [0.25, 0.3) is 0 Å². The fourth-order valence-electron chi connectivity index (χ4n) is 1.99. The van der Waals surface area contributed by atoms with Gasteiger partial charge < -0.3 is 11.1 Å². The number of anilines is 2. The van der Waals surface area contributed by atoms with Gasteiger partial charge in [-0.1, -0.05) is 6.42 Å². The second-order valence-electron chi connectivity index (χ2n) is 4.48. The molecule has 1 aromatic rings. The molecule has 1 aliphatic carbocycles. The Morgan fingerprint density at radius 2 is 2.19 bits per heavy atom. The van der Waals surface area contributed by atoms with E-state index in [0.29, 0.717) is 27.8 Å². The lowest BCUT2D eigenvalue weighted by Crippen LogP contribution is -2.31. The Kier molecular flexibility index (Phi) is 3.38. The lowest BCUT2D eigenvalue weighted by atomic mass is 9.80.